The highest BCUT2D eigenvalue weighted by atomic mass is 35.5. The molecule has 0 spiro atoms. The van der Waals surface area contributed by atoms with Crippen LogP contribution >= 0.6 is 24.8 Å². The van der Waals surface area contributed by atoms with Crippen LogP contribution in [0.25, 0.3) is 0 Å². The third-order valence-electron chi connectivity index (χ3n) is 3.36. The van der Waals surface area contributed by atoms with Crippen molar-refractivity contribution >= 4 is 30.8 Å². The van der Waals surface area contributed by atoms with Gasteiger partial charge in [0.1, 0.15) is 6.67 Å². The van der Waals surface area contributed by atoms with Crippen molar-refractivity contribution in [3.05, 3.63) is 23.8 Å². The van der Waals surface area contributed by atoms with Gasteiger partial charge < -0.3 is 15.2 Å². The van der Waals surface area contributed by atoms with Gasteiger partial charge >= 0.3 is 5.97 Å². The van der Waals surface area contributed by atoms with Crippen molar-refractivity contribution in [3.8, 4) is 11.5 Å². The summed E-state index contributed by atoms with van der Waals surface area (Å²) in [6, 6.07) is 4.26. The van der Waals surface area contributed by atoms with Crippen molar-refractivity contribution < 1.29 is 19.0 Å². The first-order valence-corrected chi connectivity index (χ1v) is 6.64. The van der Waals surface area contributed by atoms with Gasteiger partial charge in [-0.15, -0.1) is 24.8 Å². The van der Waals surface area contributed by atoms with Gasteiger partial charge in [0.25, 0.3) is 0 Å². The van der Waals surface area contributed by atoms with Gasteiger partial charge in [0.05, 0.1) is 6.04 Å². The van der Waals surface area contributed by atoms with Gasteiger partial charge in [0.15, 0.2) is 11.5 Å². The summed E-state index contributed by atoms with van der Waals surface area (Å²) >= 11 is 0. The zero-order valence-corrected chi connectivity index (χ0v) is 13.9. The fourth-order valence-electron chi connectivity index (χ4n) is 2.37. The first-order valence-electron chi connectivity index (χ1n) is 6.64. The van der Waals surface area contributed by atoms with Crippen LogP contribution in [-0.2, 0) is 4.79 Å². The molecule has 1 atom stereocenters. The summed E-state index contributed by atoms with van der Waals surface area (Å²) in [4.78, 5) is 12.9. The van der Waals surface area contributed by atoms with Crippen LogP contribution in [0, 0.1) is 0 Å². The van der Waals surface area contributed by atoms with Crippen LogP contribution in [0.5, 0.6) is 11.5 Å². The average molecular weight is 355 g/mol. The summed E-state index contributed by atoms with van der Waals surface area (Å²) in [5.41, 5.74) is 0.683. The van der Waals surface area contributed by atoms with Crippen LogP contribution in [0.1, 0.15) is 18.5 Å². The zero-order chi connectivity index (χ0) is 14.5. The molecule has 0 radical (unpaired) electrons. The Morgan fingerprint density at radius 3 is 2.55 bits per heavy atom. The van der Waals surface area contributed by atoms with E-state index in [4.69, 9.17) is 4.74 Å². The highest BCUT2D eigenvalue weighted by Gasteiger charge is 2.23. The molecule has 1 fully saturated rings. The van der Waals surface area contributed by atoms with Crippen molar-refractivity contribution in [3.63, 3.8) is 0 Å². The number of carbonyl (C=O) groups is 1. The number of hydrogen-bond donors (Lipinski definition) is 2. The van der Waals surface area contributed by atoms with E-state index in [1.807, 2.05) is 4.90 Å². The largest absolute Gasteiger partial charge is 0.504 e. The Hall–Kier alpha value is -1.08. The molecule has 5 nitrogen and oxygen atoms in total. The van der Waals surface area contributed by atoms with Crippen molar-refractivity contribution in [2.75, 3.05) is 32.9 Å². The molecule has 1 saturated heterocycles. The van der Waals surface area contributed by atoms with Crippen molar-refractivity contribution in [2.24, 2.45) is 0 Å². The van der Waals surface area contributed by atoms with Crippen LogP contribution in [0.4, 0.5) is 4.39 Å². The number of hydrogen-bond acceptors (Lipinski definition) is 5. The Balaban J connectivity index is 0.00000220. The minimum absolute atomic E-state index is 0. The lowest BCUT2D eigenvalue weighted by Gasteiger charge is -2.33. The molecule has 126 valence electrons. The summed E-state index contributed by atoms with van der Waals surface area (Å²) in [6.45, 7) is 3.93. The Labute approximate surface area is 141 Å². The van der Waals surface area contributed by atoms with Gasteiger partial charge in [0, 0.05) is 33.1 Å². The van der Waals surface area contributed by atoms with Crippen LogP contribution in [0.3, 0.4) is 0 Å². The Morgan fingerprint density at radius 1 is 1.41 bits per heavy atom. The van der Waals surface area contributed by atoms with E-state index < -0.39 is 12.6 Å². The Morgan fingerprint density at radius 2 is 2.05 bits per heavy atom. The summed E-state index contributed by atoms with van der Waals surface area (Å²) in [7, 11) is 0. The molecule has 1 aromatic rings. The van der Waals surface area contributed by atoms with E-state index in [9.17, 15) is 14.3 Å². The number of nitrogens with one attached hydrogen (secondary N) is 1. The first kappa shape index (κ1) is 20.9. The number of carbonyl (C=O) groups excluding carboxylic acids is 1. The second-order valence-corrected chi connectivity index (χ2v) is 4.78. The lowest BCUT2D eigenvalue weighted by Crippen LogP contribution is -2.45. The molecule has 1 heterocycles. The van der Waals surface area contributed by atoms with Crippen molar-refractivity contribution in [2.45, 2.75) is 13.0 Å². The molecule has 22 heavy (non-hydrogen) atoms. The van der Waals surface area contributed by atoms with Crippen molar-refractivity contribution in [1.82, 2.24) is 10.2 Å². The van der Waals surface area contributed by atoms with Gasteiger partial charge in [0.2, 0.25) is 0 Å². The number of halogens is 3. The van der Waals surface area contributed by atoms with Gasteiger partial charge in [-0.2, -0.15) is 0 Å². The lowest BCUT2D eigenvalue weighted by atomic mass is 10.0. The Kier molecular flexibility index (Phi) is 9.36. The van der Waals surface area contributed by atoms with Gasteiger partial charge in [-0.1, -0.05) is 6.07 Å². The van der Waals surface area contributed by atoms with Crippen LogP contribution < -0.4 is 10.1 Å². The molecule has 1 aromatic carbocycles. The highest BCUT2D eigenvalue weighted by Crippen LogP contribution is 2.31. The predicted octanol–water partition coefficient (Wildman–Crippen LogP) is 2.08. The number of piperazine rings is 1. The molecule has 2 N–H and O–H groups in total. The van der Waals surface area contributed by atoms with E-state index in [0.717, 1.165) is 26.2 Å². The standard InChI is InChI=1S/C14H19FN2O3.2ClH/c1-10(18)20-14-3-2-11(8-13(14)19)12(9-15)17-6-4-16-5-7-17;;/h2-3,8,12,16,19H,4-7,9H2,1H3;2*1H/t12-;;/m0../s1. The fraction of sp³-hybridized carbons (Fsp3) is 0.500. The van der Waals surface area contributed by atoms with Crippen LogP contribution in [-0.4, -0.2) is 48.8 Å². The fourth-order valence-corrected chi connectivity index (χ4v) is 2.37. The summed E-state index contributed by atoms with van der Waals surface area (Å²) < 4.78 is 18.2. The maximum Gasteiger partial charge on any atom is 0.308 e. The number of esters is 1. The molecule has 0 saturated carbocycles. The molecule has 8 heteroatoms. The third-order valence-corrected chi connectivity index (χ3v) is 3.36. The number of alkyl halides is 1. The first-order chi connectivity index (χ1) is 9.61. The van der Waals surface area contributed by atoms with E-state index in [1.54, 1.807) is 6.07 Å². The third kappa shape index (κ3) is 5.28. The molecule has 1 aliphatic rings. The monoisotopic (exact) mass is 354 g/mol. The molecule has 2 rings (SSSR count). The van der Waals surface area contributed by atoms with E-state index in [-0.39, 0.29) is 42.4 Å². The topological polar surface area (TPSA) is 61.8 Å². The van der Waals surface area contributed by atoms with Gasteiger partial charge in [-0.25, -0.2) is 4.39 Å². The molecular weight excluding hydrogens is 334 g/mol. The maximum atomic E-state index is 13.3. The average Bonchev–Trinajstić information content (AvgIpc) is 2.43. The minimum atomic E-state index is -0.521. The summed E-state index contributed by atoms with van der Waals surface area (Å²) in [5.74, 6) is -0.553. The molecule has 0 amide bonds. The molecular formula is C14H21Cl2FN2O3. The smallest absolute Gasteiger partial charge is 0.308 e. The summed E-state index contributed by atoms with van der Waals surface area (Å²) in [5, 5.41) is 13.1. The van der Waals surface area contributed by atoms with E-state index >= 15 is 0 Å². The number of nitrogens with zero attached hydrogens (tertiary/aromatic N) is 1. The number of phenolic OH excluding ortho intramolecular Hbond substituents is 1. The molecule has 1 aliphatic heterocycles. The van der Waals surface area contributed by atoms with Crippen LogP contribution in [0.15, 0.2) is 18.2 Å². The second-order valence-electron chi connectivity index (χ2n) is 4.78. The minimum Gasteiger partial charge on any atom is -0.504 e. The van der Waals surface area contributed by atoms with Gasteiger partial charge in [-0.05, 0) is 17.7 Å². The maximum absolute atomic E-state index is 13.3. The molecule has 0 aliphatic carbocycles. The molecule has 0 bridgehead atoms. The predicted molar refractivity (Wildman–Crippen MR) is 87.1 cm³/mol. The van der Waals surface area contributed by atoms with E-state index in [1.165, 1.54) is 19.1 Å². The highest BCUT2D eigenvalue weighted by molar-refractivity contribution is 5.85. The normalized spacial score (nSPS) is 16.1. The second kappa shape index (κ2) is 9.84. The quantitative estimate of drug-likeness (QED) is 0.640. The van der Waals surface area contributed by atoms with E-state index in [0.29, 0.717) is 5.56 Å². The lowest BCUT2D eigenvalue weighted by molar-refractivity contribution is -0.132. The number of rotatable bonds is 4. The molecule has 0 unspecified atom stereocenters. The van der Waals surface area contributed by atoms with E-state index in [2.05, 4.69) is 5.32 Å². The van der Waals surface area contributed by atoms with Gasteiger partial charge in [-0.3, -0.25) is 9.69 Å². The number of benzene rings is 1. The molecule has 0 aromatic heterocycles. The number of phenols is 1. The number of aromatic hydroxyl groups is 1. The van der Waals surface area contributed by atoms with Crippen LogP contribution in [0.2, 0.25) is 0 Å². The SMILES string of the molecule is CC(=O)Oc1ccc([C@H](CF)N2CCNCC2)cc1O.Cl.Cl. The summed E-state index contributed by atoms with van der Waals surface area (Å²) in [6.07, 6.45) is 0. The number of ether oxygens (including phenoxy) is 1. The van der Waals surface area contributed by atoms with Crippen molar-refractivity contribution in [1.29, 1.82) is 0 Å². The Bertz CT molecular complexity index is 485. The zero-order valence-electron chi connectivity index (χ0n) is 12.3.